The summed E-state index contributed by atoms with van der Waals surface area (Å²) < 4.78 is 0. The number of nitrogens with one attached hydrogen (secondary N) is 2. The van der Waals surface area contributed by atoms with Gasteiger partial charge < -0.3 is 5.32 Å². The Morgan fingerprint density at radius 2 is 2.11 bits per heavy atom. The standard InChI is InChI=1S/C12H17N5S/c1-18-12-15-10(9-7-13-17-11(9)16-12)14-8-5-3-2-4-6-8/h7-8H,2-6H2,1H3,(H2,13,14,15,16,17). The van der Waals surface area contributed by atoms with Gasteiger partial charge >= 0.3 is 0 Å². The molecule has 0 bridgehead atoms. The Labute approximate surface area is 110 Å². The average molecular weight is 263 g/mol. The summed E-state index contributed by atoms with van der Waals surface area (Å²) in [6.07, 6.45) is 10.2. The van der Waals surface area contributed by atoms with Gasteiger partial charge in [-0.3, -0.25) is 5.10 Å². The van der Waals surface area contributed by atoms with Gasteiger partial charge in [0.15, 0.2) is 10.8 Å². The summed E-state index contributed by atoms with van der Waals surface area (Å²) in [7, 11) is 0. The Balaban J connectivity index is 1.91. The van der Waals surface area contributed by atoms with Gasteiger partial charge in [-0.1, -0.05) is 31.0 Å². The number of rotatable bonds is 3. The molecule has 2 aromatic heterocycles. The molecule has 18 heavy (non-hydrogen) atoms. The van der Waals surface area contributed by atoms with E-state index in [1.54, 1.807) is 18.0 Å². The van der Waals surface area contributed by atoms with E-state index < -0.39 is 0 Å². The summed E-state index contributed by atoms with van der Waals surface area (Å²) in [6.45, 7) is 0. The molecule has 0 saturated heterocycles. The predicted octanol–water partition coefficient (Wildman–Crippen LogP) is 2.82. The molecule has 1 saturated carbocycles. The van der Waals surface area contributed by atoms with Crippen LogP contribution in [0.2, 0.25) is 0 Å². The van der Waals surface area contributed by atoms with Crippen LogP contribution < -0.4 is 5.32 Å². The normalized spacial score (nSPS) is 17.2. The van der Waals surface area contributed by atoms with Crippen molar-refractivity contribution in [2.75, 3.05) is 11.6 Å². The van der Waals surface area contributed by atoms with E-state index in [9.17, 15) is 0 Å². The topological polar surface area (TPSA) is 66.5 Å². The number of aromatic nitrogens is 4. The molecule has 96 valence electrons. The molecule has 2 aromatic rings. The van der Waals surface area contributed by atoms with Crippen LogP contribution in [0.3, 0.4) is 0 Å². The smallest absolute Gasteiger partial charge is 0.191 e. The Morgan fingerprint density at radius 3 is 2.89 bits per heavy atom. The van der Waals surface area contributed by atoms with E-state index in [2.05, 4.69) is 25.5 Å². The third-order valence-electron chi connectivity index (χ3n) is 3.42. The molecule has 0 aliphatic heterocycles. The lowest BCUT2D eigenvalue weighted by Crippen LogP contribution is -2.23. The van der Waals surface area contributed by atoms with Crippen molar-refractivity contribution in [3.05, 3.63) is 6.20 Å². The van der Waals surface area contributed by atoms with Crippen LogP contribution in [0.5, 0.6) is 0 Å². The van der Waals surface area contributed by atoms with Gasteiger partial charge in [0, 0.05) is 6.04 Å². The number of fused-ring (bicyclic) bond motifs is 1. The number of aromatic amines is 1. The first-order valence-corrected chi connectivity index (χ1v) is 7.61. The number of nitrogens with zero attached hydrogens (tertiary/aromatic N) is 3. The van der Waals surface area contributed by atoms with Gasteiger partial charge in [0.25, 0.3) is 0 Å². The highest BCUT2D eigenvalue weighted by molar-refractivity contribution is 7.98. The van der Waals surface area contributed by atoms with E-state index in [1.165, 1.54) is 32.1 Å². The minimum Gasteiger partial charge on any atom is -0.367 e. The molecule has 0 amide bonds. The van der Waals surface area contributed by atoms with Crippen LogP contribution in [0.1, 0.15) is 32.1 Å². The van der Waals surface area contributed by atoms with Crippen molar-refractivity contribution in [3.8, 4) is 0 Å². The lowest BCUT2D eigenvalue weighted by molar-refractivity contribution is 0.462. The van der Waals surface area contributed by atoms with Crippen molar-refractivity contribution in [2.24, 2.45) is 0 Å². The highest BCUT2D eigenvalue weighted by atomic mass is 32.2. The molecule has 0 atom stereocenters. The molecule has 0 unspecified atom stereocenters. The largest absolute Gasteiger partial charge is 0.367 e. The molecule has 1 aliphatic rings. The van der Waals surface area contributed by atoms with Crippen LogP contribution in [-0.2, 0) is 0 Å². The monoisotopic (exact) mass is 263 g/mol. The molecule has 1 fully saturated rings. The molecule has 1 aliphatic carbocycles. The Bertz CT molecular complexity index is 532. The summed E-state index contributed by atoms with van der Waals surface area (Å²) in [5, 5.41) is 12.3. The number of thioether (sulfide) groups is 1. The molecule has 0 aromatic carbocycles. The van der Waals surface area contributed by atoms with Crippen molar-refractivity contribution in [3.63, 3.8) is 0 Å². The molecule has 0 spiro atoms. The SMILES string of the molecule is CSc1nc(NC2CCCCC2)c2cn[nH]c2n1. The number of anilines is 1. The first kappa shape index (κ1) is 11.8. The highest BCUT2D eigenvalue weighted by Gasteiger charge is 2.16. The maximum Gasteiger partial charge on any atom is 0.191 e. The van der Waals surface area contributed by atoms with Gasteiger partial charge in [0.05, 0.1) is 11.6 Å². The highest BCUT2D eigenvalue weighted by Crippen LogP contribution is 2.26. The maximum atomic E-state index is 4.57. The zero-order chi connectivity index (χ0) is 12.4. The minimum atomic E-state index is 0.543. The van der Waals surface area contributed by atoms with Crippen molar-refractivity contribution in [1.82, 2.24) is 20.2 Å². The number of hydrogen-bond acceptors (Lipinski definition) is 5. The quantitative estimate of drug-likeness (QED) is 0.658. The summed E-state index contributed by atoms with van der Waals surface area (Å²) in [5.74, 6) is 0.921. The first-order chi connectivity index (χ1) is 8.86. The third kappa shape index (κ3) is 2.29. The zero-order valence-corrected chi connectivity index (χ0v) is 11.3. The van der Waals surface area contributed by atoms with E-state index in [-0.39, 0.29) is 0 Å². The lowest BCUT2D eigenvalue weighted by Gasteiger charge is -2.23. The predicted molar refractivity (Wildman–Crippen MR) is 74.0 cm³/mol. The fraction of sp³-hybridized carbons (Fsp3) is 0.583. The summed E-state index contributed by atoms with van der Waals surface area (Å²) in [6, 6.07) is 0.543. The third-order valence-corrected chi connectivity index (χ3v) is 3.97. The lowest BCUT2D eigenvalue weighted by atomic mass is 9.95. The van der Waals surface area contributed by atoms with Gasteiger partial charge in [0.2, 0.25) is 0 Å². The number of H-pyrrole nitrogens is 1. The van der Waals surface area contributed by atoms with E-state index in [4.69, 9.17) is 0 Å². The second-order valence-corrected chi connectivity index (χ2v) is 5.44. The summed E-state index contributed by atoms with van der Waals surface area (Å²) in [4.78, 5) is 8.97. The molecule has 3 rings (SSSR count). The molecule has 2 heterocycles. The van der Waals surface area contributed by atoms with Crippen molar-refractivity contribution < 1.29 is 0 Å². The molecule has 0 radical (unpaired) electrons. The minimum absolute atomic E-state index is 0.543. The van der Waals surface area contributed by atoms with Crippen LogP contribution in [0, 0.1) is 0 Å². The van der Waals surface area contributed by atoms with Gasteiger partial charge in [-0.25, -0.2) is 9.97 Å². The van der Waals surface area contributed by atoms with Crippen LogP contribution in [0.4, 0.5) is 5.82 Å². The molecular weight excluding hydrogens is 246 g/mol. The Morgan fingerprint density at radius 1 is 1.28 bits per heavy atom. The van der Waals surface area contributed by atoms with E-state index >= 15 is 0 Å². The van der Waals surface area contributed by atoms with E-state index in [0.717, 1.165) is 22.0 Å². The van der Waals surface area contributed by atoms with Gasteiger partial charge in [-0.15, -0.1) is 0 Å². The zero-order valence-electron chi connectivity index (χ0n) is 10.4. The van der Waals surface area contributed by atoms with Crippen molar-refractivity contribution in [2.45, 2.75) is 43.3 Å². The summed E-state index contributed by atoms with van der Waals surface area (Å²) >= 11 is 1.55. The molecule has 5 nitrogen and oxygen atoms in total. The van der Waals surface area contributed by atoms with E-state index in [1.807, 2.05) is 6.26 Å². The van der Waals surface area contributed by atoms with Crippen molar-refractivity contribution >= 4 is 28.6 Å². The fourth-order valence-electron chi connectivity index (χ4n) is 2.46. The average Bonchev–Trinajstić information content (AvgIpc) is 2.88. The van der Waals surface area contributed by atoms with Crippen LogP contribution in [0.15, 0.2) is 11.4 Å². The van der Waals surface area contributed by atoms with Crippen LogP contribution in [0.25, 0.3) is 11.0 Å². The van der Waals surface area contributed by atoms with Gasteiger partial charge in [-0.2, -0.15) is 5.10 Å². The van der Waals surface area contributed by atoms with Crippen molar-refractivity contribution in [1.29, 1.82) is 0 Å². The molecule has 2 N–H and O–H groups in total. The fourth-order valence-corrected chi connectivity index (χ4v) is 2.82. The molecular formula is C12H17N5S. The maximum absolute atomic E-state index is 4.57. The van der Waals surface area contributed by atoms with Gasteiger partial charge in [0.1, 0.15) is 5.82 Å². The first-order valence-electron chi connectivity index (χ1n) is 6.38. The van der Waals surface area contributed by atoms with Crippen LogP contribution >= 0.6 is 11.8 Å². The van der Waals surface area contributed by atoms with Gasteiger partial charge in [-0.05, 0) is 19.1 Å². The Kier molecular flexibility index (Phi) is 3.36. The summed E-state index contributed by atoms with van der Waals surface area (Å²) in [5.41, 5.74) is 0.813. The second-order valence-electron chi connectivity index (χ2n) is 4.67. The number of hydrogen-bond donors (Lipinski definition) is 2. The Hall–Kier alpha value is -1.30. The molecule has 6 heteroatoms. The second kappa shape index (κ2) is 5.14. The van der Waals surface area contributed by atoms with Crippen LogP contribution in [-0.4, -0.2) is 32.5 Å². The van der Waals surface area contributed by atoms with E-state index in [0.29, 0.717) is 6.04 Å².